The molecule has 12 heteroatoms. The van der Waals surface area contributed by atoms with Crippen molar-refractivity contribution in [1.29, 1.82) is 0 Å². The van der Waals surface area contributed by atoms with Gasteiger partial charge in [0.1, 0.15) is 8.82 Å². The summed E-state index contributed by atoms with van der Waals surface area (Å²) in [5.41, 5.74) is 0.356. The fourth-order valence-electron chi connectivity index (χ4n) is 2.27. The minimum atomic E-state index is -3.90. The van der Waals surface area contributed by atoms with Crippen LogP contribution in [0.5, 0.6) is 0 Å². The topological polar surface area (TPSA) is 167 Å². The van der Waals surface area contributed by atoms with E-state index in [0.717, 1.165) is 0 Å². The summed E-state index contributed by atoms with van der Waals surface area (Å²) < 4.78 is 45.7. The Morgan fingerprint density at radius 3 is 2.52 bits per heavy atom. The molecule has 6 N–H and O–H groups in total. The standard InChI is InChI=1S/C9H16N2O7S3/c10-21(17,18)7-3-5-6(11-4-9(12,13)14)1-2-20(15,16)8(5)19-7/h6-7,11-14H,1-4H2,(H2,10,17,18). The van der Waals surface area contributed by atoms with Crippen molar-refractivity contribution in [2.75, 3.05) is 12.3 Å². The first-order valence-corrected chi connectivity index (χ1v) is 10.1. The van der Waals surface area contributed by atoms with Crippen molar-refractivity contribution in [2.24, 2.45) is 5.14 Å². The van der Waals surface area contributed by atoms with Gasteiger partial charge in [-0.2, -0.15) is 0 Å². The van der Waals surface area contributed by atoms with Gasteiger partial charge in [0.15, 0.2) is 9.84 Å². The molecular formula is C9H16N2O7S3. The summed E-state index contributed by atoms with van der Waals surface area (Å²) in [6, 6.07) is -0.561. The van der Waals surface area contributed by atoms with E-state index in [1.54, 1.807) is 0 Å². The fourth-order valence-corrected chi connectivity index (χ4v) is 7.11. The van der Waals surface area contributed by atoms with E-state index in [-0.39, 0.29) is 22.8 Å². The smallest absolute Gasteiger partial charge is 0.288 e. The van der Waals surface area contributed by atoms with Crippen LogP contribution < -0.4 is 10.5 Å². The van der Waals surface area contributed by atoms with Gasteiger partial charge in [0.05, 0.1) is 12.3 Å². The highest BCUT2D eigenvalue weighted by Gasteiger charge is 2.44. The predicted octanol–water partition coefficient (Wildman–Crippen LogP) is -2.64. The average Bonchev–Trinajstić information content (AvgIpc) is 2.72. The van der Waals surface area contributed by atoms with Crippen LogP contribution in [0.2, 0.25) is 0 Å². The van der Waals surface area contributed by atoms with Crippen LogP contribution in [0, 0.1) is 0 Å². The van der Waals surface area contributed by atoms with Gasteiger partial charge in [-0.3, -0.25) is 0 Å². The molecular weight excluding hydrogens is 344 g/mol. The summed E-state index contributed by atoms with van der Waals surface area (Å²) >= 11 is 0.697. The lowest BCUT2D eigenvalue weighted by atomic mass is 10.0. The van der Waals surface area contributed by atoms with Crippen molar-refractivity contribution in [2.45, 2.75) is 29.4 Å². The lowest BCUT2D eigenvalue weighted by Crippen LogP contribution is -2.46. The molecule has 2 unspecified atom stereocenters. The minimum absolute atomic E-state index is 0.0234. The van der Waals surface area contributed by atoms with E-state index in [0.29, 0.717) is 17.3 Å². The van der Waals surface area contributed by atoms with Gasteiger partial charge < -0.3 is 20.6 Å². The van der Waals surface area contributed by atoms with Crippen LogP contribution >= 0.6 is 11.8 Å². The zero-order valence-corrected chi connectivity index (χ0v) is 13.2. The largest absolute Gasteiger partial charge is 0.343 e. The van der Waals surface area contributed by atoms with E-state index in [1.165, 1.54) is 0 Å². The first kappa shape index (κ1) is 17.1. The molecule has 9 nitrogen and oxygen atoms in total. The number of sulfone groups is 1. The van der Waals surface area contributed by atoms with Crippen molar-refractivity contribution in [3.63, 3.8) is 0 Å². The lowest BCUT2D eigenvalue weighted by molar-refractivity contribution is -0.306. The van der Waals surface area contributed by atoms with Gasteiger partial charge in [-0.15, -0.1) is 0 Å². The van der Waals surface area contributed by atoms with Crippen molar-refractivity contribution in [3.05, 3.63) is 9.81 Å². The lowest BCUT2D eigenvalue weighted by Gasteiger charge is -2.27. The summed E-state index contributed by atoms with van der Waals surface area (Å²) in [6.45, 7) is -0.598. The van der Waals surface area contributed by atoms with Gasteiger partial charge in [0, 0.05) is 6.04 Å². The summed E-state index contributed by atoms with van der Waals surface area (Å²) in [5.74, 6) is -3.12. The zero-order chi connectivity index (χ0) is 16.1. The second-order valence-corrected chi connectivity index (χ2v) is 10.5. The van der Waals surface area contributed by atoms with Crippen molar-refractivity contribution in [1.82, 2.24) is 5.32 Å². The Bertz CT molecular complexity index is 662. The highest BCUT2D eigenvalue weighted by molar-refractivity contribution is 8.24. The Hall–Kier alpha value is -0.210. The van der Waals surface area contributed by atoms with Gasteiger partial charge >= 0.3 is 0 Å². The molecule has 0 radical (unpaired) electrons. The molecule has 21 heavy (non-hydrogen) atoms. The monoisotopic (exact) mass is 360 g/mol. The molecule has 0 saturated heterocycles. The highest BCUT2D eigenvalue weighted by Crippen LogP contribution is 2.46. The summed E-state index contributed by atoms with van der Waals surface area (Å²) in [4.78, 5) is 0. The summed E-state index contributed by atoms with van der Waals surface area (Å²) in [7, 11) is -7.44. The molecule has 2 rings (SSSR count). The second-order valence-electron chi connectivity index (χ2n) is 4.97. The van der Waals surface area contributed by atoms with E-state index in [1.807, 2.05) is 0 Å². The maximum atomic E-state index is 12.0. The van der Waals surface area contributed by atoms with Gasteiger partial charge in [0.25, 0.3) is 5.97 Å². The Balaban J connectivity index is 2.26. The molecule has 2 aliphatic rings. The molecule has 2 aliphatic heterocycles. The SMILES string of the molecule is NS(=O)(=O)C1CC2=C(S1)S(=O)(=O)CCC2NCC(O)(O)O. The molecule has 0 bridgehead atoms. The fraction of sp³-hybridized carbons (Fsp3) is 0.778. The Labute approximate surface area is 126 Å². The van der Waals surface area contributed by atoms with Crippen LogP contribution in [0.4, 0.5) is 0 Å². The average molecular weight is 360 g/mol. The van der Waals surface area contributed by atoms with Gasteiger partial charge in [0.2, 0.25) is 10.0 Å². The third-order valence-corrected chi connectivity index (χ3v) is 8.77. The maximum Gasteiger partial charge on any atom is 0.288 e. The molecule has 0 amide bonds. The second kappa shape index (κ2) is 5.45. The van der Waals surface area contributed by atoms with Crippen LogP contribution in [-0.4, -0.2) is 61.0 Å². The molecule has 0 aromatic carbocycles. The summed E-state index contributed by atoms with van der Waals surface area (Å²) in [6.07, 6.45) is 0.0974. The number of nitrogens with one attached hydrogen (secondary N) is 1. The maximum absolute atomic E-state index is 12.0. The third-order valence-electron chi connectivity index (χ3n) is 3.22. The Morgan fingerprint density at radius 2 is 2.00 bits per heavy atom. The molecule has 0 aromatic heterocycles. The van der Waals surface area contributed by atoms with Crippen LogP contribution in [0.1, 0.15) is 12.8 Å². The van der Waals surface area contributed by atoms with Crippen molar-refractivity contribution in [3.8, 4) is 0 Å². The Morgan fingerprint density at radius 1 is 1.38 bits per heavy atom. The van der Waals surface area contributed by atoms with Crippen LogP contribution in [0.15, 0.2) is 9.81 Å². The molecule has 0 saturated carbocycles. The number of nitrogens with two attached hydrogens (primary N) is 1. The normalized spacial score (nSPS) is 29.5. The highest BCUT2D eigenvalue weighted by atomic mass is 32.3. The number of hydrogen-bond donors (Lipinski definition) is 5. The quantitative estimate of drug-likeness (QED) is 0.336. The van der Waals surface area contributed by atoms with Crippen LogP contribution in [-0.2, 0) is 19.9 Å². The first-order chi connectivity index (χ1) is 9.40. The van der Waals surface area contributed by atoms with Crippen molar-refractivity contribution < 1.29 is 32.2 Å². The molecule has 122 valence electrons. The van der Waals surface area contributed by atoms with Gasteiger partial charge in [-0.25, -0.2) is 22.0 Å². The molecule has 2 atom stereocenters. The number of thioether (sulfide) groups is 1. The number of primary sulfonamides is 1. The first-order valence-electron chi connectivity index (χ1n) is 5.95. The van der Waals surface area contributed by atoms with E-state index < -0.39 is 43.0 Å². The molecule has 0 aliphatic carbocycles. The number of sulfonamides is 1. The van der Waals surface area contributed by atoms with E-state index in [2.05, 4.69) is 5.32 Å². The summed E-state index contributed by atoms with van der Waals surface area (Å²) in [5, 5.41) is 34.3. The molecule has 0 aromatic rings. The van der Waals surface area contributed by atoms with Gasteiger partial charge in [-0.1, -0.05) is 11.8 Å². The van der Waals surface area contributed by atoms with Crippen LogP contribution in [0.25, 0.3) is 0 Å². The minimum Gasteiger partial charge on any atom is -0.343 e. The van der Waals surface area contributed by atoms with E-state index in [9.17, 15) is 16.8 Å². The number of hydrogen-bond acceptors (Lipinski definition) is 9. The number of aliphatic hydroxyl groups is 3. The third kappa shape index (κ3) is 3.96. The number of rotatable bonds is 4. The van der Waals surface area contributed by atoms with E-state index >= 15 is 0 Å². The van der Waals surface area contributed by atoms with Gasteiger partial charge in [-0.05, 0) is 18.4 Å². The molecule has 2 heterocycles. The predicted molar refractivity (Wildman–Crippen MR) is 75.7 cm³/mol. The Kier molecular flexibility index (Phi) is 4.45. The van der Waals surface area contributed by atoms with Crippen LogP contribution in [0.3, 0.4) is 0 Å². The van der Waals surface area contributed by atoms with E-state index in [4.69, 9.17) is 20.5 Å². The zero-order valence-electron chi connectivity index (χ0n) is 10.8. The molecule has 0 spiro atoms. The van der Waals surface area contributed by atoms with Crippen molar-refractivity contribution >= 4 is 31.6 Å². The molecule has 0 fully saturated rings.